The quantitative estimate of drug-likeness (QED) is 0.369. The molecule has 2 aliphatic carbocycles. The second-order valence-electron chi connectivity index (χ2n) is 12.3. The Labute approximate surface area is 265 Å². The van der Waals surface area contributed by atoms with Gasteiger partial charge in [0.05, 0.1) is 22.5 Å². The number of imide groups is 1. The zero-order valence-electron chi connectivity index (χ0n) is 23.2. The molecule has 3 aromatic rings. The zero-order valence-corrected chi connectivity index (χ0v) is 26.5. The Bertz CT molecular complexity index is 1680. The SMILES string of the molecule is O=C(COc1cccc([C@H]2c3sc(=O)[nH]c3SC3C4CC(C5C(=O)N(c6ccc(Br)cc6)C(=O)C45)C32)c1)N1CCCCC1. The van der Waals surface area contributed by atoms with Crippen molar-refractivity contribution in [3.63, 3.8) is 0 Å². The summed E-state index contributed by atoms with van der Waals surface area (Å²) in [6, 6.07) is 15.2. The van der Waals surface area contributed by atoms with E-state index in [-0.39, 0.29) is 70.0 Å². The van der Waals surface area contributed by atoms with E-state index in [1.807, 2.05) is 47.4 Å². The van der Waals surface area contributed by atoms with Gasteiger partial charge in [-0.25, -0.2) is 0 Å². The van der Waals surface area contributed by atoms with Crippen LogP contribution in [0.4, 0.5) is 5.69 Å². The third-order valence-electron chi connectivity index (χ3n) is 10.1. The number of nitrogens with one attached hydrogen (secondary N) is 1. The van der Waals surface area contributed by atoms with Gasteiger partial charge in [-0.15, -0.1) is 11.8 Å². The van der Waals surface area contributed by atoms with Crippen molar-refractivity contribution in [2.24, 2.45) is 29.6 Å². The second-order valence-corrected chi connectivity index (χ2v) is 15.4. The number of likely N-dealkylation sites (tertiary alicyclic amines) is 1. The van der Waals surface area contributed by atoms with Gasteiger partial charge < -0.3 is 14.6 Å². The lowest BCUT2D eigenvalue weighted by Crippen LogP contribution is -2.42. The topological polar surface area (TPSA) is 99.8 Å². The van der Waals surface area contributed by atoms with Crippen LogP contribution in [-0.2, 0) is 14.4 Å². The molecule has 0 spiro atoms. The van der Waals surface area contributed by atoms with Gasteiger partial charge in [-0.05, 0) is 85.4 Å². The van der Waals surface area contributed by atoms with E-state index in [9.17, 15) is 19.2 Å². The molecule has 7 atom stereocenters. The number of rotatable bonds is 5. The number of piperidine rings is 1. The van der Waals surface area contributed by atoms with Crippen LogP contribution in [0.1, 0.15) is 42.0 Å². The number of thioether (sulfide) groups is 1. The molecule has 222 valence electrons. The van der Waals surface area contributed by atoms with E-state index < -0.39 is 0 Å². The Morgan fingerprint density at radius 2 is 1.72 bits per heavy atom. The number of ether oxygens (including phenoxy) is 1. The Kier molecular flexibility index (Phi) is 6.83. The minimum Gasteiger partial charge on any atom is -0.484 e. The highest BCUT2D eigenvalue weighted by Crippen LogP contribution is 2.68. The van der Waals surface area contributed by atoms with E-state index in [0.717, 1.165) is 58.7 Å². The van der Waals surface area contributed by atoms with Crippen molar-refractivity contribution < 1.29 is 19.1 Å². The first-order chi connectivity index (χ1) is 20.9. The summed E-state index contributed by atoms with van der Waals surface area (Å²) in [6.45, 7) is 1.56. The molecule has 4 fully saturated rings. The monoisotopic (exact) mass is 679 g/mol. The lowest BCUT2D eigenvalue weighted by molar-refractivity contribution is -0.134. The van der Waals surface area contributed by atoms with Gasteiger partial charge in [0.2, 0.25) is 11.8 Å². The molecule has 2 bridgehead atoms. The number of hydrogen-bond donors (Lipinski definition) is 1. The Balaban J connectivity index is 1.11. The lowest BCUT2D eigenvalue weighted by atomic mass is 9.68. The van der Waals surface area contributed by atoms with Crippen LogP contribution in [0, 0.1) is 29.6 Å². The third kappa shape index (κ3) is 4.44. The predicted molar refractivity (Wildman–Crippen MR) is 167 cm³/mol. The molecule has 3 amide bonds. The largest absolute Gasteiger partial charge is 0.484 e. The molecule has 5 aliphatic rings. The number of aromatic amines is 1. The van der Waals surface area contributed by atoms with Gasteiger partial charge in [-0.1, -0.05) is 39.4 Å². The Hall–Kier alpha value is -2.89. The summed E-state index contributed by atoms with van der Waals surface area (Å²) in [5.41, 5.74) is 1.63. The van der Waals surface area contributed by atoms with Crippen molar-refractivity contribution >= 4 is 62.4 Å². The maximum absolute atomic E-state index is 14.0. The van der Waals surface area contributed by atoms with Crippen LogP contribution >= 0.6 is 39.0 Å². The maximum Gasteiger partial charge on any atom is 0.305 e. The van der Waals surface area contributed by atoms with Gasteiger partial charge in [-0.2, -0.15) is 0 Å². The van der Waals surface area contributed by atoms with Crippen LogP contribution in [0.3, 0.4) is 0 Å². The van der Waals surface area contributed by atoms with E-state index >= 15 is 0 Å². The average molecular weight is 681 g/mol. The van der Waals surface area contributed by atoms with Gasteiger partial charge in [0.15, 0.2) is 6.61 Å². The van der Waals surface area contributed by atoms with Crippen LogP contribution in [0.2, 0.25) is 0 Å². The number of amides is 3. The van der Waals surface area contributed by atoms with E-state index in [4.69, 9.17) is 4.74 Å². The van der Waals surface area contributed by atoms with Crippen LogP contribution in [-0.4, -0.2) is 52.6 Å². The van der Waals surface area contributed by atoms with Gasteiger partial charge in [0.1, 0.15) is 5.75 Å². The third-order valence-corrected chi connectivity index (χ3v) is 13.2. The molecule has 8 nitrogen and oxygen atoms in total. The van der Waals surface area contributed by atoms with Crippen molar-refractivity contribution in [3.05, 3.63) is 73.1 Å². The van der Waals surface area contributed by atoms with Crippen LogP contribution in [0.5, 0.6) is 5.75 Å². The molecule has 1 N–H and O–H groups in total. The number of thiazole rings is 1. The number of anilines is 1. The van der Waals surface area contributed by atoms with Crippen molar-refractivity contribution in [3.8, 4) is 5.75 Å². The van der Waals surface area contributed by atoms with E-state index in [2.05, 4.69) is 27.0 Å². The first-order valence-corrected chi connectivity index (χ1v) is 17.4. The summed E-state index contributed by atoms with van der Waals surface area (Å²) in [5, 5.41) is 0.986. The van der Waals surface area contributed by atoms with Crippen LogP contribution in [0.15, 0.2) is 62.8 Å². The number of fused-ring (bicyclic) bond motifs is 9. The molecule has 2 saturated heterocycles. The van der Waals surface area contributed by atoms with Crippen molar-refractivity contribution in [2.45, 2.75) is 41.9 Å². The van der Waals surface area contributed by atoms with Crippen molar-refractivity contribution in [2.75, 3.05) is 24.6 Å². The fourth-order valence-corrected chi connectivity index (χ4v) is 11.6. The molecule has 11 heteroatoms. The summed E-state index contributed by atoms with van der Waals surface area (Å²) >= 11 is 6.36. The molecular formula is C32H30BrN3O5S2. The smallest absolute Gasteiger partial charge is 0.305 e. The number of hydrogen-bond acceptors (Lipinski definition) is 7. The van der Waals surface area contributed by atoms with Gasteiger partial charge >= 0.3 is 4.87 Å². The first-order valence-electron chi connectivity index (χ1n) is 14.9. The number of carbonyl (C=O) groups excluding carboxylic acids is 3. The van der Waals surface area contributed by atoms with E-state index in [1.165, 1.54) is 16.2 Å². The maximum atomic E-state index is 14.0. The zero-order chi connectivity index (χ0) is 29.4. The molecule has 4 heterocycles. The summed E-state index contributed by atoms with van der Waals surface area (Å²) in [5.74, 6) is -0.183. The van der Waals surface area contributed by atoms with Crippen molar-refractivity contribution in [1.29, 1.82) is 0 Å². The highest BCUT2D eigenvalue weighted by Gasteiger charge is 2.69. The van der Waals surface area contributed by atoms with Crippen LogP contribution < -0.4 is 14.5 Å². The molecule has 2 saturated carbocycles. The number of benzene rings is 2. The minimum atomic E-state index is -0.357. The number of H-pyrrole nitrogens is 1. The molecule has 6 unspecified atom stereocenters. The highest BCUT2D eigenvalue weighted by atomic mass is 79.9. The van der Waals surface area contributed by atoms with Gasteiger partial charge in [0.25, 0.3) is 5.91 Å². The number of nitrogens with zero attached hydrogens (tertiary/aromatic N) is 2. The normalized spacial score (nSPS) is 30.8. The van der Waals surface area contributed by atoms with Gasteiger partial charge in [-0.3, -0.25) is 24.1 Å². The molecule has 3 aliphatic heterocycles. The molecule has 2 aromatic carbocycles. The van der Waals surface area contributed by atoms with E-state index in [0.29, 0.717) is 11.4 Å². The fraction of sp³-hybridized carbons (Fsp3) is 0.438. The molecule has 43 heavy (non-hydrogen) atoms. The van der Waals surface area contributed by atoms with Gasteiger partial charge in [0, 0.05) is 33.6 Å². The molecule has 0 radical (unpaired) electrons. The lowest BCUT2D eigenvalue weighted by Gasteiger charge is -2.43. The highest BCUT2D eigenvalue weighted by molar-refractivity contribution is 9.10. The molecule has 8 rings (SSSR count). The minimum absolute atomic E-state index is 0.00394. The second kappa shape index (κ2) is 10.6. The summed E-state index contributed by atoms with van der Waals surface area (Å²) < 4.78 is 6.91. The summed E-state index contributed by atoms with van der Waals surface area (Å²) in [4.78, 5) is 60.4. The fourth-order valence-electron chi connectivity index (χ4n) is 8.41. The number of halogens is 1. The number of carbonyl (C=O) groups is 3. The molecule has 1 aromatic heterocycles. The summed E-state index contributed by atoms with van der Waals surface area (Å²) in [6.07, 6.45) is 4.06. The average Bonchev–Trinajstić information content (AvgIpc) is 3.76. The predicted octanol–water partition coefficient (Wildman–Crippen LogP) is 5.27. The van der Waals surface area contributed by atoms with Crippen LogP contribution in [0.25, 0.3) is 0 Å². The summed E-state index contributed by atoms with van der Waals surface area (Å²) in [7, 11) is 0. The van der Waals surface area contributed by atoms with Crippen molar-refractivity contribution in [1.82, 2.24) is 9.88 Å². The first kappa shape index (κ1) is 27.6. The Morgan fingerprint density at radius 1 is 0.977 bits per heavy atom. The molecular weight excluding hydrogens is 650 g/mol. The van der Waals surface area contributed by atoms with E-state index in [1.54, 1.807) is 11.8 Å². The standard InChI is InChI=1S/C32H30BrN3O5S2/c33-17-7-9-18(10-8-17)36-30(38)25-20-14-21(26(25)31(36)39)27-24(20)23(28-29(42-27)34-32(40)43-28)16-5-4-6-19(13-16)41-15-22(37)35-11-2-1-3-12-35/h4-10,13,20-21,23-27H,1-3,11-12,14-15H2,(H,34,40)/t20?,21?,23-,24?,25?,26?,27?/m1/s1. The number of aromatic nitrogens is 1. The Morgan fingerprint density at radius 3 is 2.49 bits per heavy atom.